The molecule has 0 saturated carbocycles. The standard InChI is InChI=1S/C10H7ClF5NO/c11-7-3-1-6(2-4-7)5-17-8(18)9(12,13)10(14,15)16/h1-4H,5H2,(H,17,18). The normalized spacial score (nSPS) is 12.3. The molecule has 0 fully saturated rings. The minimum absolute atomic E-state index is 0.353. The van der Waals surface area contributed by atoms with Crippen molar-refractivity contribution in [2.45, 2.75) is 18.6 Å². The maximum Gasteiger partial charge on any atom is 0.463 e. The Labute approximate surface area is 104 Å². The van der Waals surface area contributed by atoms with Gasteiger partial charge in [-0.15, -0.1) is 0 Å². The van der Waals surface area contributed by atoms with E-state index in [1.54, 1.807) is 0 Å². The average Bonchev–Trinajstić information content (AvgIpc) is 2.26. The van der Waals surface area contributed by atoms with E-state index in [1.807, 2.05) is 0 Å². The molecule has 0 aliphatic carbocycles. The Kier molecular flexibility index (Phi) is 4.16. The van der Waals surface area contributed by atoms with Crippen LogP contribution in [0.5, 0.6) is 0 Å². The lowest BCUT2D eigenvalue weighted by molar-refractivity contribution is -0.269. The molecule has 0 aliphatic heterocycles. The molecule has 1 rings (SSSR count). The number of halogens is 6. The van der Waals surface area contributed by atoms with Crippen molar-refractivity contribution in [3.8, 4) is 0 Å². The SMILES string of the molecule is O=C(NCc1ccc(Cl)cc1)C(F)(F)C(F)(F)F. The molecule has 18 heavy (non-hydrogen) atoms. The van der Waals surface area contributed by atoms with Crippen LogP contribution in [0.2, 0.25) is 5.02 Å². The molecule has 0 bridgehead atoms. The van der Waals surface area contributed by atoms with Crippen LogP contribution >= 0.6 is 11.6 Å². The summed E-state index contributed by atoms with van der Waals surface area (Å²) in [4.78, 5) is 10.7. The highest BCUT2D eigenvalue weighted by Gasteiger charge is 2.63. The summed E-state index contributed by atoms with van der Waals surface area (Å²) in [5.41, 5.74) is 0.353. The zero-order chi connectivity index (χ0) is 14.0. The second-order valence-electron chi connectivity index (χ2n) is 3.38. The zero-order valence-electron chi connectivity index (χ0n) is 8.69. The molecule has 0 spiro atoms. The molecule has 0 atom stereocenters. The van der Waals surface area contributed by atoms with E-state index in [0.717, 1.165) is 0 Å². The largest absolute Gasteiger partial charge is 0.463 e. The van der Waals surface area contributed by atoms with Gasteiger partial charge in [0.15, 0.2) is 0 Å². The molecule has 0 heterocycles. The molecule has 100 valence electrons. The van der Waals surface area contributed by atoms with E-state index in [2.05, 4.69) is 0 Å². The Morgan fingerprint density at radius 2 is 1.61 bits per heavy atom. The molecule has 1 aromatic carbocycles. The Bertz CT molecular complexity index is 429. The van der Waals surface area contributed by atoms with Crippen molar-refractivity contribution in [1.29, 1.82) is 0 Å². The van der Waals surface area contributed by atoms with Gasteiger partial charge < -0.3 is 5.32 Å². The van der Waals surface area contributed by atoms with Crippen LogP contribution in [0, 0.1) is 0 Å². The van der Waals surface area contributed by atoms with Gasteiger partial charge in [0.2, 0.25) is 0 Å². The van der Waals surface area contributed by atoms with Crippen molar-refractivity contribution < 1.29 is 26.7 Å². The lowest BCUT2D eigenvalue weighted by Gasteiger charge is -2.18. The summed E-state index contributed by atoms with van der Waals surface area (Å²) in [6.07, 6.45) is -5.91. The van der Waals surface area contributed by atoms with Crippen molar-refractivity contribution in [2.75, 3.05) is 0 Å². The summed E-state index contributed by atoms with van der Waals surface area (Å²) in [5.74, 6) is -7.79. The molecule has 2 nitrogen and oxygen atoms in total. The maximum atomic E-state index is 12.5. The first-order valence-electron chi connectivity index (χ1n) is 4.62. The summed E-state index contributed by atoms with van der Waals surface area (Å²) >= 11 is 5.55. The highest BCUT2D eigenvalue weighted by Crippen LogP contribution is 2.35. The van der Waals surface area contributed by atoms with Gasteiger partial charge in [-0.05, 0) is 17.7 Å². The lowest BCUT2D eigenvalue weighted by Crippen LogP contribution is -2.50. The molecule has 8 heteroatoms. The van der Waals surface area contributed by atoms with Gasteiger partial charge in [0.05, 0.1) is 0 Å². The van der Waals surface area contributed by atoms with Crippen LogP contribution in [0.25, 0.3) is 0 Å². The van der Waals surface area contributed by atoms with Gasteiger partial charge in [-0.1, -0.05) is 23.7 Å². The molecule has 1 N–H and O–H groups in total. The molecular formula is C10H7ClF5NO. The summed E-state index contributed by atoms with van der Waals surface area (Å²) < 4.78 is 60.6. The Morgan fingerprint density at radius 1 is 1.11 bits per heavy atom. The smallest absolute Gasteiger partial charge is 0.346 e. The van der Waals surface area contributed by atoms with E-state index < -0.39 is 24.6 Å². The van der Waals surface area contributed by atoms with Crippen molar-refractivity contribution in [3.05, 3.63) is 34.9 Å². The number of hydrogen-bond donors (Lipinski definition) is 1. The van der Waals surface area contributed by atoms with Crippen molar-refractivity contribution in [1.82, 2.24) is 5.32 Å². The van der Waals surface area contributed by atoms with E-state index >= 15 is 0 Å². The molecule has 0 saturated heterocycles. The first kappa shape index (κ1) is 14.7. The van der Waals surface area contributed by atoms with Gasteiger partial charge in [-0.25, -0.2) is 0 Å². The molecule has 1 amide bonds. The van der Waals surface area contributed by atoms with E-state index in [9.17, 15) is 26.7 Å². The quantitative estimate of drug-likeness (QED) is 0.850. The fourth-order valence-corrected chi connectivity index (χ4v) is 1.15. The van der Waals surface area contributed by atoms with Gasteiger partial charge in [0.25, 0.3) is 0 Å². The predicted octanol–water partition coefficient (Wildman–Crippen LogP) is 3.15. The van der Waals surface area contributed by atoms with Crippen LogP contribution in [-0.4, -0.2) is 18.0 Å². The third kappa shape index (κ3) is 3.32. The fraction of sp³-hybridized carbons (Fsp3) is 0.300. The van der Waals surface area contributed by atoms with Crippen LogP contribution in [0.1, 0.15) is 5.56 Å². The van der Waals surface area contributed by atoms with E-state index in [0.29, 0.717) is 10.6 Å². The number of benzene rings is 1. The van der Waals surface area contributed by atoms with Crippen LogP contribution in [0.4, 0.5) is 22.0 Å². The van der Waals surface area contributed by atoms with Crippen LogP contribution in [-0.2, 0) is 11.3 Å². The summed E-state index contributed by atoms with van der Waals surface area (Å²) in [6.45, 7) is -0.443. The first-order valence-corrected chi connectivity index (χ1v) is 4.99. The maximum absolute atomic E-state index is 12.5. The number of nitrogens with one attached hydrogen (secondary N) is 1. The van der Waals surface area contributed by atoms with Crippen molar-refractivity contribution in [2.24, 2.45) is 0 Å². The third-order valence-corrected chi connectivity index (χ3v) is 2.26. The summed E-state index contributed by atoms with van der Waals surface area (Å²) in [6, 6.07) is 5.64. The van der Waals surface area contributed by atoms with Crippen molar-refractivity contribution in [3.63, 3.8) is 0 Å². The monoisotopic (exact) mass is 287 g/mol. The van der Waals surface area contributed by atoms with Crippen molar-refractivity contribution >= 4 is 17.5 Å². The average molecular weight is 288 g/mol. The third-order valence-electron chi connectivity index (χ3n) is 2.01. The second kappa shape index (κ2) is 5.09. The van der Waals surface area contributed by atoms with E-state index in [1.165, 1.54) is 29.6 Å². The van der Waals surface area contributed by atoms with Gasteiger partial charge in [0, 0.05) is 11.6 Å². The van der Waals surface area contributed by atoms with Gasteiger partial charge >= 0.3 is 18.0 Å². The Balaban J connectivity index is 2.64. The number of carbonyl (C=O) groups is 1. The molecule has 0 unspecified atom stereocenters. The molecule has 0 aliphatic rings. The summed E-state index contributed by atoms with van der Waals surface area (Å²) in [5, 5.41) is 1.89. The minimum Gasteiger partial charge on any atom is -0.346 e. The molecule has 0 radical (unpaired) electrons. The molecule has 1 aromatic rings. The number of alkyl halides is 5. The van der Waals surface area contributed by atoms with E-state index in [4.69, 9.17) is 11.6 Å². The van der Waals surface area contributed by atoms with Crippen LogP contribution in [0.15, 0.2) is 24.3 Å². The topological polar surface area (TPSA) is 29.1 Å². The fourth-order valence-electron chi connectivity index (χ4n) is 1.02. The van der Waals surface area contributed by atoms with Crippen LogP contribution < -0.4 is 5.32 Å². The predicted molar refractivity (Wildman–Crippen MR) is 54.3 cm³/mol. The highest BCUT2D eigenvalue weighted by molar-refractivity contribution is 6.30. The highest BCUT2D eigenvalue weighted by atomic mass is 35.5. The zero-order valence-corrected chi connectivity index (χ0v) is 9.45. The summed E-state index contributed by atoms with van der Waals surface area (Å²) in [7, 11) is 0. The number of carbonyl (C=O) groups excluding carboxylic acids is 1. The minimum atomic E-state index is -5.91. The van der Waals surface area contributed by atoms with Gasteiger partial charge in [-0.3, -0.25) is 4.79 Å². The first-order chi connectivity index (χ1) is 8.14. The number of hydrogen-bond acceptors (Lipinski definition) is 1. The van der Waals surface area contributed by atoms with Gasteiger partial charge in [0.1, 0.15) is 0 Å². The Morgan fingerprint density at radius 3 is 2.06 bits per heavy atom. The van der Waals surface area contributed by atoms with E-state index in [-0.39, 0.29) is 0 Å². The number of rotatable bonds is 3. The lowest BCUT2D eigenvalue weighted by atomic mass is 10.2. The van der Waals surface area contributed by atoms with Crippen LogP contribution in [0.3, 0.4) is 0 Å². The second-order valence-corrected chi connectivity index (χ2v) is 3.82. The Hall–Kier alpha value is -1.37. The molecule has 0 aromatic heterocycles. The molecular weight excluding hydrogens is 281 g/mol. The van der Waals surface area contributed by atoms with Gasteiger partial charge in [-0.2, -0.15) is 22.0 Å². The number of amides is 1.